The Hall–Kier alpha value is -1.91. The van der Waals surface area contributed by atoms with E-state index in [2.05, 4.69) is 12.0 Å². The maximum atomic E-state index is 12.4. The summed E-state index contributed by atoms with van der Waals surface area (Å²) in [4.78, 5) is 19.2. The average molecular weight is 314 g/mol. The molecule has 1 fully saturated rings. The van der Waals surface area contributed by atoms with Gasteiger partial charge in [-0.1, -0.05) is 0 Å². The van der Waals surface area contributed by atoms with Crippen LogP contribution in [-0.2, 0) is 18.3 Å². The number of rotatable bonds is 3. The van der Waals surface area contributed by atoms with Gasteiger partial charge in [0.25, 0.3) is 0 Å². The lowest BCUT2D eigenvalue weighted by atomic mass is 9.98. The zero-order chi connectivity index (χ0) is 16.6. The summed E-state index contributed by atoms with van der Waals surface area (Å²) < 4.78 is 1.84. The molecular formula is C18H26N4O. The highest BCUT2D eigenvalue weighted by Crippen LogP contribution is 2.26. The molecule has 2 aromatic heterocycles. The molecule has 0 bridgehead atoms. The first-order valence-electron chi connectivity index (χ1n) is 8.56. The van der Waals surface area contributed by atoms with E-state index in [-0.39, 0.29) is 5.91 Å². The number of fused-ring (bicyclic) bond motifs is 1. The number of nitrogens with zero attached hydrogens (tertiary/aromatic N) is 4. The molecule has 0 spiro atoms. The number of aryl methyl sites for hydroxylation is 4. The van der Waals surface area contributed by atoms with Crippen LogP contribution in [0.25, 0.3) is 11.0 Å². The lowest BCUT2D eigenvalue weighted by Gasteiger charge is -2.27. The lowest BCUT2D eigenvalue weighted by Crippen LogP contribution is -2.35. The molecule has 5 nitrogen and oxygen atoms in total. The molecule has 2 aromatic rings. The van der Waals surface area contributed by atoms with Crippen molar-refractivity contribution < 1.29 is 4.79 Å². The van der Waals surface area contributed by atoms with Gasteiger partial charge in [0.2, 0.25) is 5.91 Å². The SMILES string of the molecule is Cc1nc2c(c(C)nn2C)c(C)c1CCC(=O)N1CCCCC1. The van der Waals surface area contributed by atoms with Crippen molar-refractivity contribution in [2.75, 3.05) is 13.1 Å². The number of carbonyl (C=O) groups excluding carboxylic acids is 1. The van der Waals surface area contributed by atoms with Gasteiger partial charge in [-0.15, -0.1) is 0 Å². The molecule has 3 rings (SSSR count). The fourth-order valence-corrected chi connectivity index (χ4v) is 3.76. The van der Waals surface area contributed by atoms with Gasteiger partial charge in [-0.05, 0) is 57.6 Å². The summed E-state index contributed by atoms with van der Waals surface area (Å²) in [6.45, 7) is 8.04. The minimum atomic E-state index is 0.284. The molecule has 1 aliphatic rings. The molecule has 1 saturated heterocycles. The number of pyridine rings is 1. The first-order chi connectivity index (χ1) is 11.0. The van der Waals surface area contributed by atoms with Crippen molar-refractivity contribution in [3.05, 3.63) is 22.5 Å². The topological polar surface area (TPSA) is 51.0 Å². The number of amides is 1. The smallest absolute Gasteiger partial charge is 0.222 e. The van der Waals surface area contributed by atoms with Crippen LogP contribution in [0.2, 0.25) is 0 Å². The van der Waals surface area contributed by atoms with Crippen LogP contribution in [0, 0.1) is 20.8 Å². The molecule has 3 heterocycles. The zero-order valence-corrected chi connectivity index (χ0v) is 14.6. The maximum Gasteiger partial charge on any atom is 0.222 e. The fourth-order valence-electron chi connectivity index (χ4n) is 3.76. The van der Waals surface area contributed by atoms with E-state index in [1.807, 2.05) is 30.5 Å². The Morgan fingerprint density at radius 1 is 1.09 bits per heavy atom. The zero-order valence-electron chi connectivity index (χ0n) is 14.6. The summed E-state index contributed by atoms with van der Waals surface area (Å²) in [5.74, 6) is 0.284. The molecule has 0 radical (unpaired) electrons. The number of hydrogen-bond acceptors (Lipinski definition) is 3. The second kappa shape index (κ2) is 6.30. The Morgan fingerprint density at radius 3 is 2.48 bits per heavy atom. The van der Waals surface area contributed by atoms with Crippen LogP contribution in [0.3, 0.4) is 0 Å². The molecule has 23 heavy (non-hydrogen) atoms. The van der Waals surface area contributed by atoms with Crippen molar-refractivity contribution in [2.45, 2.75) is 52.9 Å². The molecule has 0 unspecified atom stereocenters. The van der Waals surface area contributed by atoms with Crippen LogP contribution in [-0.4, -0.2) is 38.7 Å². The predicted octanol–water partition coefficient (Wildman–Crippen LogP) is 2.84. The molecule has 0 N–H and O–H groups in total. The highest BCUT2D eigenvalue weighted by atomic mass is 16.2. The Labute approximate surface area is 137 Å². The van der Waals surface area contributed by atoms with E-state index in [9.17, 15) is 4.79 Å². The summed E-state index contributed by atoms with van der Waals surface area (Å²) in [5.41, 5.74) is 5.40. The minimum Gasteiger partial charge on any atom is -0.343 e. The van der Waals surface area contributed by atoms with Crippen LogP contribution in [0.4, 0.5) is 0 Å². The summed E-state index contributed by atoms with van der Waals surface area (Å²) >= 11 is 0. The second-order valence-corrected chi connectivity index (χ2v) is 6.65. The lowest BCUT2D eigenvalue weighted by molar-refractivity contribution is -0.132. The molecule has 124 valence electrons. The highest BCUT2D eigenvalue weighted by Gasteiger charge is 2.19. The van der Waals surface area contributed by atoms with Gasteiger partial charge in [0.1, 0.15) is 0 Å². The summed E-state index contributed by atoms with van der Waals surface area (Å²) in [5, 5.41) is 5.62. The average Bonchev–Trinajstić information content (AvgIpc) is 2.82. The van der Waals surface area contributed by atoms with Crippen molar-refractivity contribution >= 4 is 16.9 Å². The first-order valence-corrected chi connectivity index (χ1v) is 8.56. The van der Waals surface area contributed by atoms with Crippen LogP contribution < -0.4 is 0 Å². The van der Waals surface area contributed by atoms with Gasteiger partial charge in [0, 0.05) is 37.6 Å². The number of piperidine rings is 1. The summed E-state index contributed by atoms with van der Waals surface area (Å²) in [6.07, 6.45) is 4.89. The van der Waals surface area contributed by atoms with E-state index in [0.29, 0.717) is 6.42 Å². The van der Waals surface area contributed by atoms with Crippen LogP contribution in [0.1, 0.15) is 48.2 Å². The van der Waals surface area contributed by atoms with Crippen molar-refractivity contribution in [1.29, 1.82) is 0 Å². The van der Waals surface area contributed by atoms with E-state index in [0.717, 1.165) is 54.8 Å². The number of hydrogen-bond donors (Lipinski definition) is 0. The standard InChI is InChI=1S/C18H26N4O/c1-12-15(8-9-16(23)22-10-6-5-7-11-22)13(2)19-18-17(12)14(3)20-21(18)4/h5-11H2,1-4H3. The van der Waals surface area contributed by atoms with Gasteiger partial charge < -0.3 is 4.90 Å². The third-order valence-electron chi connectivity index (χ3n) is 5.03. The molecule has 5 heteroatoms. The molecule has 1 amide bonds. The Morgan fingerprint density at radius 2 is 1.78 bits per heavy atom. The molecular weight excluding hydrogens is 288 g/mol. The van der Waals surface area contributed by atoms with Crippen LogP contribution in [0.5, 0.6) is 0 Å². The normalized spacial score (nSPS) is 15.4. The predicted molar refractivity (Wildman–Crippen MR) is 91.5 cm³/mol. The quantitative estimate of drug-likeness (QED) is 0.875. The summed E-state index contributed by atoms with van der Waals surface area (Å²) in [6, 6.07) is 0. The van der Waals surface area contributed by atoms with E-state index >= 15 is 0 Å². The minimum absolute atomic E-state index is 0.284. The Balaban J connectivity index is 1.82. The highest BCUT2D eigenvalue weighted by molar-refractivity contribution is 5.84. The Kier molecular flexibility index (Phi) is 4.37. The van der Waals surface area contributed by atoms with E-state index in [4.69, 9.17) is 4.98 Å². The van der Waals surface area contributed by atoms with E-state index < -0.39 is 0 Å². The molecule has 0 atom stereocenters. The Bertz CT molecular complexity index is 741. The fraction of sp³-hybridized carbons (Fsp3) is 0.611. The van der Waals surface area contributed by atoms with Gasteiger partial charge in [-0.25, -0.2) is 4.98 Å². The van der Waals surface area contributed by atoms with Gasteiger partial charge in [-0.3, -0.25) is 9.48 Å². The van der Waals surface area contributed by atoms with Crippen LogP contribution in [0.15, 0.2) is 0 Å². The third-order valence-corrected chi connectivity index (χ3v) is 5.03. The van der Waals surface area contributed by atoms with Crippen molar-refractivity contribution in [3.8, 4) is 0 Å². The second-order valence-electron chi connectivity index (χ2n) is 6.65. The van der Waals surface area contributed by atoms with E-state index in [1.165, 1.54) is 17.5 Å². The van der Waals surface area contributed by atoms with Gasteiger partial charge >= 0.3 is 0 Å². The van der Waals surface area contributed by atoms with Gasteiger partial charge in [0.15, 0.2) is 5.65 Å². The number of carbonyl (C=O) groups is 1. The van der Waals surface area contributed by atoms with Gasteiger partial charge in [-0.2, -0.15) is 5.10 Å². The molecule has 0 aliphatic carbocycles. The van der Waals surface area contributed by atoms with Crippen LogP contribution >= 0.6 is 0 Å². The van der Waals surface area contributed by atoms with Crippen molar-refractivity contribution in [2.24, 2.45) is 7.05 Å². The molecule has 1 aliphatic heterocycles. The first kappa shape index (κ1) is 16.0. The summed E-state index contributed by atoms with van der Waals surface area (Å²) in [7, 11) is 1.93. The van der Waals surface area contributed by atoms with E-state index in [1.54, 1.807) is 0 Å². The number of likely N-dealkylation sites (tertiary alicyclic amines) is 1. The number of aromatic nitrogens is 3. The molecule has 0 aromatic carbocycles. The molecule has 0 saturated carbocycles. The largest absolute Gasteiger partial charge is 0.343 e. The van der Waals surface area contributed by atoms with Gasteiger partial charge in [0.05, 0.1) is 5.69 Å². The monoisotopic (exact) mass is 314 g/mol. The maximum absolute atomic E-state index is 12.4. The van der Waals surface area contributed by atoms with Crippen molar-refractivity contribution in [1.82, 2.24) is 19.7 Å². The third kappa shape index (κ3) is 2.96. The van der Waals surface area contributed by atoms with Crippen molar-refractivity contribution in [3.63, 3.8) is 0 Å².